The summed E-state index contributed by atoms with van der Waals surface area (Å²) in [5.41, 5.74) is 2.11. The van der Waals surface area contributed by atoms with E-state index in [1.807, 2.05) is 18.2 Å². The van der Waals surface area contributed by atoms with Crippen LogP contribution in [0.4, 0.5) is 27.5 Å². The summed E-state index contributed by atoms with van der Waals surface area (Å²) in [6, 6.07) is 14.4. The van der Waals surface area contributed by atoms with E-state index < -0.39 is 5.82 Å². The summed E-state index contributed by atoms with van der Waals surface area (Å²) in [5.74, 6) is 1.09. The van der Waals surface area contributed by atoms with Gasteiger partial charge in [0.15, 0.2) is 17.4 Å². The van der Waals surface area contributed by atoms with Crippen molar-refractivity contribution in [1.82, 2.24) is 19.9 Å². The summed E-state index contributed by atoms with van der Waals surface area (Å²) in [7, 11) is 1.62. The van der Waals surface area contributed by atoms with E-state index in [-0.39, 0.29) is 24.0 Å². The number of nitrogens with one attached hydrogen (secondary N) is 3. The molecular weight excluding hydrogens is 475 g/mol. The molecule has 2 aromatic carbocycles. The maximum absolute atomic E-state index is 14.4. The van der Waals surface area contributed by atoms with Gasteiger partial charge in [0, 0.05) is 43.7 Å². The van der Waals surface area contributed by atoms with Crippen LogP contribution in [0.25, 0.3) is 0 Å². The highest BCUT2D eigenvalue weighted by atomic mass is 19.1. The number of halogens is 1. The summed E-state index contributed by atoms with van der Waals surface area (Å²) in [4.78, 5) is 27.7. The Bertz CT molecular complexity index is 1330. The third kappa shape index (κ3) is 7.97. The lowest BCUT2D eigenvalue weighted by molar-refractivity contribution is -0.114. The Morgan fingerprint density at radius 2 is 1.95 bits per heavy atom. The molecule has 2 heterocycles. The van der Waals surface area contributed by atoms with Gasteiger partial charge in [-0.25, -0.2) is 14.4 Å². The van der Waals surface area contributed by atoms with Crippen LogP contribution in [0.5, 0.6) is 5.75 Å². The zero-order valence-corrected chi connectivity index (χ0v) is 20.3. The number of ether oxygens (including phenoxy) is 2. The number of hydrogen-bond donors (Lipinski definition) is 3. The number of carbonyl (C=O) groups excluding carboxylic acids is 1. The zero-order chi connectivity index (χ0) is 25.9. The van der Waals surface area contributed by atoms with Crippen LogP contribution in [0.15, 0.2) is 79.3 Å². The Morgan fingerprint density at radius 1 is 1.08 bits per heavy atom. The van der Waals surface area contributed by atoms with Crippen LogP contribution in [0, 0.1) is 5.82 Å². The molecule has 0 amide bonds. The summed E-state index contributed by atoms with van der Waals surface area (Å²) >= 11 is 0. The normalized spacial score (nSPS) is 11.0. The molecule has 0 unspecified atom stereocenters. The molecule has 0 aliphatic rings. The van der Waals surface area contributed by atoms with Crippen molar-refractivity contribution in [2.45, 2.75) is 12.8 Å². The number of H-pyrrole nitrogens is 1. The molecule has 0 fully saturated rings. The van der Waals surface area contributed by atoms with Crippen LogP contribution < -0.4 is 15.4 Å². The molecule has 0 aliphatic carbocycles. The molecule has 0 saturated carbocycles. The van der Waals surface area contributed by atoms with Crippen molar-refractivity contribution in [3.63, 3.8) is 0 Å². The molecule has 3 N–H and O–H groups in total. The predicted octanol–water partition coefficient (Wildman–Crippen LogP) is 4.76. The fraction of sp³-hybridized carbons (Fsp3) is 0.185. The van der Waals surface area contributed by atoms with Gasteiger partial charge in [-0.3, -0.25) is 4.79 Å². The number of aromatic amines is 1. The SMILES string of the molecule is COCCOc1ccc(Nc2ncc(F)c(Nc3cccc(CC(=O)/C=C/Cc4ncc[nH]4)c3)n2)cc1. The average molecular weight is 503 g/mol. The molecule has 0 spiro atoms. The van der Waals surface area contributed by atoms with E-state index in [4.69, 9.17) is 9.47 Å². The number of allylic oxidation sites excluding steroid dienone is 2. The van der Waals surface area contributed by atoms with Gasteiger partial charge in [-0.05, 0) is 48.0 Å². The van der Waals surface area contributed by atoms with Gasteiger partial charge < -0.3 is 25.1 Å². The first-order valence-corrected chi connectivity index (χ1v) is 11.6. The fourth-order valence-electron chi connectivity index (χ4n) is 3.39. The number of imidazole rings is 1. The number of ketones is 1. The smallest absolute Gasteiger partial charge is 0.229 e. The molecule has 10 heteroatoms. The second kappa shape index (κ2) is 12.9. The number of hydrogen-bond acceptors (Lipinski definition) is 8. The van der Waals surface area contributed by atoms with Gasteiger partial charge in [0.2, 0.25) is 5.95 Å². The molecule has 0 atom stereocenters. The molecule has 190 valence electrons. The quantitative estimate of drug-likeness (QED) is 0.177. The highest BCUT2D eigenvalue weighted by Crippen LogP contribution is 2.22. The van der Waals surface area contributed by atoms with Crippen molar-refractivity contribution in [3.05, 3.63) is 96.5 Å². The minimum atomic E-state index is -0.602. The molecule has 2 aromatic heterocycles. The standard InChI is InChI=1S/C27H27FN6O3/c1-36-14-15-37-23-10-8-20(9-11-23)33-27-31-18-24(28)26(34-27)32-21-5-2-4-19(16-21)17-22(35)6-3-7-25-29-12-13-30-25/h2-6,8-13,16,18H,7,14-15,17H2,1H3,(H,29,30)(H2,31,32,33,34)/b6-3+. The van der Waals surface area contributed by atoms with E-state index >= 15 is 0 Å². The number of benzene rings is 2. The van der Waals surface area contributed by atoms with Gasteiger partial charge in [0.05, 0.1) is 12.8 Å². The Hall–Kier alpha value is -4.57. The lowest BCUT2D eigenvalue weighted by atomic mass is 10.1. The van der Waals surface area contributed by atoms with E-state index in [2.05, 4.69) is 30.6 Å². The summed E-state index contributed by atoms with van der Waals surface area (Å²) in [6.07, 6.45) is 8.59. The van der Waals surface area contributed by atoms with Crippen molar-refractivity contribution in [2.75, 3.05) is 31.0 Å². The van der Waals surface area contributed by atoms with E-state index in [1.54, 1.807) is 62.0 Å². The Balaban J connectivity index is 1.36. The summed E-state index contributed by atoms with van der Waals surface area (Å²) < 4.78 is 25.0. The molecular formula is C27H27FN6O3. The molecule has 0 saturated heterocycles. The highest BCUT2D eigenvalue weighted by Gasteiger charge is 2.09. The lowest BCUT2D eigenvalue weighted by Crippen LogP contribution is -2.05. The van der Waals surface area contributed by atoms with Crippen LogP contribution >= 0.6 is 0 Å². The predicted molar refractivity (Wildman–Crippen MR) is 139 cm³/mol. The van der Waals surface area contributed by atoms with Gasteiger partial charge in [0.1, 0.15) is 18.2 Å². The Morgan fingerprint density at radius 3 is 2.73 bits per heavy atom. The maximum atomic E-state index is 14.4. The molecule has 9 nitrogen and oxygen atoms in total. The zero-order valence-electron chi connectivity index (χ0n) is 20.3. The van der Waals surface area contributed by atoms with Crippen molar-refractivity contribution in [1.29, 1.82) is 0 Å². The van der Waals surface area contributed by atoms with E-state index in [0.29, 0.717) is 31.1 Å². The van der Waals surface area contributed by atoms with Gasteiger partial charge >= 0.3 is 0 Å². The number of nitrogens with zero attached hydrogens (tertiary/aromatic N) is 3. The molecule has 4 rings (SSSR count). The third-order valence-electron chi connectivity index (χ3n) is 5.15. The molecule has 0 aliphatic heterocycles. The third-order valence-corrected chi connectivity index (χ3v) is 5.15. The topological polar surface area (TPSA) is 114 Å². The van der Waals surface area contributed by atoms with Gasteiger partial charge in [-0.2, -0.15) is 4.98 Å². The van der Waals surface area contributed by atoms with Crippen LogP contribution in [0.1, 0.15) is 11.4 Å². The number of anilines is 4. The first kappa shape index (κ1) is 25.5. The second-order valence-electron chi connectivity index (χ2n) is 7.99. The number of aromatic nitrogens is 4. The minimum absolute atomic E-state index is 0.0128. The van der Waals surface area contributed by atoms with E-state index in [1.165, 1.54) is 0 Å². The lowest BCUT2D eigenvalue weighted by Gasteiger charge is -2.11. The van der Waals surface area contributed by atoms with E-state index in [0.717, 1.165) is 23.3 Å². The van der Waals surface area contributed by atoms with Crippen LogP contribution in [-0.2, 0) is 22.4 Å². The Labute approximate surface area is 213 Å². The molecule has 0 radical (unpaired) electrons. The maximum Gasteiger partial charge on any atom is 0.229 e. The Kier molecular flexibility index (Phi) is 8.92. The van der Waals surface area contributed by atoms with Crippen LogP contribution in [-0.4, -0.2) is 46.0 Å². The first-order chi connectivity index (χ1) is 18.1. The summed E-state index contributed by atoms with van der Waals surface area (Å²) in [5, 5.41) is 6.02. The van der Waals surface area contributed by atoms with Gasteiger partial charge in [-0.1, -0.05) is 18.2 Å². The first-order valence-electron chi connectivity index (χ1n) is 11.6. The fourth-order valence-corrected chi connectivity index (χ4v) is 3.39. The van der Waals surface area contributed by atoms with Crippen molar-refractivity contribution < 1.29 is 18.7 Å². The van der Waals surface area contributed by atoms with Crippen molar-refractivity contribution >= 4 is 28.9 Å². The summed E-state index contributed by atoms with van der Waals surface area (Å²) in [6.45, 7) is 0.958. The number of methoxy groups -OCH3 is 1. The molecule has 4 aromatic rings. The van der Waals surface area contributed by atoms with Crippen molar-refractivity contribution in [3.8, 4) is 5.75 Å². The van der Waals surface area contributed by atoms with Gasteiger partial charge in [0.25, 0.3) is 0 Å². The highest BCUT2D eigenvalue weighted by molar-refractivity contribution is 5.91. The van der Waals surface area contributed by atoms with Gasteiger partial charge in [-0.15, -0.1) is 0 Å². The van der Waals surface area contributed by atoms with E-state index in [9.17, 15) is 9.18 Å². The largest absolute Gasteiger partial charge is 0.491 e. The average Bonchev–Trinajstić information content (AvgIpc) is 3.41. The minimum Gasteiger partial charge on any atom is -0.491 e. The monoisotopic (exact) mass is 502 g/mol. The number of rotatable bonds is 13. The number of carbonyl (C=O) groups is 1. The molecule has 37 heavy (non-hydrogen) atoms. The van der Waals surface area contributed by atoms with Crippen LogP contribution in [0.2, 0.25) is 0 Å². The molecule has 0 bridgehead atoms. The van der Waals surface area contributed by atoms with Crippen molar-refractivity contribution in [2.24, 2.45) is 0 Å². The van der Waals surface area contributed by atoms with Crippen LogP contribution in [0.3, 0.4) is 0 Å². The second-order valence-corrected chi connectivity index (χ2v) is 7.99.